The van der Waals surface area contributed by atoms with Gasteiger partial charge in [0.2, 0.25) is 6.10 Å². The van der Waals surface area contributed by atoms with Crippen molar-refractivity contribution in [3.63, 3.8) is 0 Å². The maximum atomic E-state index is 5.61. The van der Waals surface area contributed by atoms with Crippen molar-refractivity contribution >= 4 is 6.79 Å². The van der Waals surface area contributed by atoms with Crippen molar-refractivity contribution < 1.29 is 4.42 Å². The zero-order valence-electron chi connectivity index (χ0n) is 9.28. The highest BCUT2D eigenvalue weighted by Crippen LogP contribution is 2.33. The molecular weight excluding hydrogens is 198 g/mol. The van der Waals surface area contributed by atoms with Crippen molar-refractivity contribution in [1.29, 1.82) is 0 Å². The molecule has 0 spiro atoms. The van der Waals surface area contributed by atoms with Crippen LogP contribution in [-0.2, 0) is 4.42 Å². The molecule has 0 radical (unpaired) electrons. The molecule has 0 saturated carbocycles. The number of rotatable bonds is 3. The topological polar surface area (TPSA) is 37.3 Å². The number of nitrogens with two attached hydrogens (primary N) is 1. The number of hydrogen-bond acceptors (Lipinski definition) is 1. The minimum Gasteiger partial charge on any atom is -0.344 e. The van der Waals surface area contributed by atoms with Gasteiger partial charge in [-0.05, 0) is 13.0 Å². The first-order valence-electron chi connectivity index (χ1n) is 5.46. The third-order valence-corrected chi connectivity index (χ3v) is 2.79. The molecule has 0 unspecified atom stereocenters. The van der Waals surface area contributed by atoms with Crippen molar-refractivity contribution in [1.82, 2.24) is 0 Å². The Hall–Kier alpha value is -1.67. The molecule has 2 rings (SSSR count). The summed E-state index contributed by atoms with van der Waals surface area (Å²) in [4.78, 5) is 0. The smallest absolute Gasteiger partial charge is 0.211 e. The Morgan fingerprint density at radius 1 is 1.44 bits per heavy atom. The van der Waals surface area contributed by atoms with E-state index in [2.05, 4.69) is 37.2 Å². The molecule has 0 heterocycles. The second-order valence-electron chi connectivity index (χ2n) is 3.81. The third kappa shape index (κ3) is 2.12. The van der Waals surface area contributed by atoms with E-state index >= 15 is 0 Å². The van der Waals surface area contributed by atoms with Gasteiger partial charge in [0.25, 0.3) is 0 Å². The Morgan fingerprint density at radius 3 is 3.06 bits per heavy atom. The lowest BCUT2D eigenvalue weighted by atomic mass is 9.86. The summed E-state index contributed by atoms with van der Waals surface area (Å²) in [5, 5.41) is 0. The first-order valence-corrected chi connectivity index (χ1v) is 5.46. The highest BCUT2D eigenvalue weighted by atomic mass is 16.4. The maximum Gasteiger partial charge on any atom is 0.211 e. The number of allylic oxidation sites excluding steroid dienone is 6. The van der Waals surface area contributed by atoms with Gasteiger partial charge in [0.05, 0.1) is 0 Å². The average Bonchev–Trinajstić information content (AvgIpc) is 2.52. The Balaban J connectivity index is 2.26. The molecule has 0 saturated heterocycles. The summed E-state index contributed by atoms with van der Waals surface area (Å²) in [7, 11) is 0. The highest BCUT2D eigenvalue weighted by Gasteiger charge is 2.11. The van der Waals surface area contributed by atoms with Crippen LogP contribution in [0.25, 0.3) is 0 Å². The van der Waals surface area contributed by atoms with E-state index in [9.17, 15) is 0 Å². The van der Waals surface area contributed by atoms with Crippen LogP contribution in [0.4, 0.5) is 0 Å². The van der Waals surface area contributed by atoms with Gasteiger partial charge in [0.1, 0.15) is 0 Å². The second-order valence-corrected chi connectivity index (χ2v) is 3.81. The van der Waals surface area contributed by atoms with E-state index in [-0.39, 0.29) is 0 Å². The summed E-state index contributed by atoms with van der Waals surface area (Å²) in [6.07, 6.45) is 15.1. The molecule has 16 heavy (non-hydrogen) atoms. The zero-order chi connectivity index (χ0) is 11.4. The van der Waals surface area contributed by atoms with Crippen molar-refractivity contribution in [2.75, 3.05) is 6.54 Å². The van der Waals surface area contributed by atoms with Gasteiger partial charge in [-0.25, -0.2) is 0 Å². The Morgan fingerprint density at radius 2 is 2.31 bits per heavy atom. The van der Waals surface area contributed by atoms with Crippen molar-refractivity contribution in [3.8, 4) is 0 Å². The minimum atomic E-state index is 0.677. The molecule has 2 aliphatic carbocycles. The average molecular weight is 214 g/mol. The molecule has 0 atom stereocenters. The normalized spacial score (nSPS) is 18.8. The fourth-order valence-electron chi connectivity index (χ4n) is 1.96. The summed E-state index contributed by atoms with van der Waals surface area (Å²) >= 11 is 0. The first kappa shape index (κ1) is 10.8. The molecule has 2 nitrogen and oxygen atoms in total. The molecule has 0 aromatic rings. The van der Waals surface area contributed by atoms with Crippen LogP contribution in [0.15, 0.2) is 47.6 Å². The standard InChI is InChI=1S/C14H16NO/c1-16-13-6-5-11-3-2-4-12(9-10-15)14(11)8-7-13/h2-6,8H,1,7,9-10,15H2/q-1. The molecule has 2 heteroatoms. The van der Waals surface area contributed by atoms with Gasteiger partial charge < -0.3 is 10.2 Å². The summed E-state index contributed by atoms with van der Waals surface area (Å²) in [5.74, 6) is 1.30. The van der Waals surface area contributed by atoms with E-state index in [0.29, 0.717) is 6.54 Å². The van der Waals surface area contributed by atoms with E-state index in [0.717, 1.165) is 18.9 Å². The highest BCUT2D eigenvalue weighted by molar-refractivity contribution is 5.58. The Bertz CT molecular complexity index is 388. The van der Waals surface area contributed by atoms with Crippen molar-refractivity contribution in [2.24, 2.45) is 5.73 Å². The van der Waals surface area contributed by atoms with Gasteiger partial charge >= 0.3 is 0 Å². The minimum absolute atomic E-state index is 0.677. The van der Waals surface area contributed by atoms with E-state index in [1.807, 2.05) is 6.08 Å². The van der Waals surface area contributed by atoms with E-state index in [1.54, 1.807) is 0 Å². The molecule has 0 aliphatic heterocycles. The van der Waals surface area contributed by atoms with Gasteiger partial charge in [-0.1, -0.05) is 12.5 Å². The lowest BCUT2D eigenvalue weighted by Gasteiger charge is -2.30. The molecule has 0 bridgehead atoms. The van der Waals surface area contributed by atoms with Gasteiger partial charge in [0, 0.05) is 0 Å². The maximum absolute atomic E-state index is 5.61. The molecule has 0 amide bonds. The van der Waals surface area contributed by atoms with Crippen LogP contribution < -0.4 is 5.73 Å². The van der Waals surface area contributed by atoms with Crippen LogP contribution in [0.3, 0.4) is 0 Å². The number of fused-ring (bicyclic) bond motifs is 1. The Kier molecular flexibility index (Phi) is 3.32. The molecule has 0 fully saturated rings. The fourth-order valence-corrected chi connectivity index (χ4v) is 1.96. The molecule has 0 aromatic carbocycles. The van der Waals surface area contributed by atoms with E-state index < -0.39 is 0 Å². The summed E-state index contributed by atoms with van der Waals surface area (Å²) < 4.78 is 5.03. The van der Waals surface area contributed by atoms with Crippen LogP contribution in [0, 0.1) is 12.0 Å². The van der Waals surface area contributed by atoms with Crippen LogP contribution in [-0.4, -0.2) is 13.3 Å². The lowest BCUT2D eigenvalue weighted by molar-refractivity contribution is -0.422. The lowest BCUT2D eigenvalue weighted by Crippen LogP contribution is -2.10. The van der Waals surface area contributed by atoms with E-state index in [1.165, 1.54) is 17.1 Å². The summed E-state index contributed by atoms with van der Waals surface area (Å²) in [6.45, 7) is 4.12. The molecule has 2 N–H and O–H groups in total. The van der Waals surface area contributed by atoms with E-state index in [4.69, 9.17) is 10.2 Å². The number of carbonyl (C=O) groups excluding carboxylic acids is 1. The van der Waals surface area contributed by atoms with Crippen LogP contribution in [0.1, 0.15) is 12.8 Å². The summed E-state index contributed by atoms with van der Waals surface area (Å²) in [5.41, 5.74) is 8.11. The summed E-state index contributed by atoms with van der Waals surface area (Å²) in [6, 6.07) is 0. The molecule has 0 aromatic heterocycles. The zero-order valence-corrected chi connectivity index (χ0v) is 9.28. The number of hydrogen-bond donors (Lipinski definition) is 1. The van der Waals surface area contributed by atoms with Gasteiger partial charge in [0.15, 0.2) is 6.79 Å². The van der Waals surface area contributed by atoms with Crippen LogP contribution in [0.5, 0.6) is 0 Å². The quantitative estimate of drug-likeness (QED) is 0.567. The largest absolute Gasteiger partial charge is 0.344 e. The predicted octanol–water partition coefficient (Wildman–Crippen LogP) is 2.19. The van der Waals surface area contributed by atoms with Crippen LogP contribution in [0.2, 0.25) is 0 Å². The second kappa shape index (κ2) is 4.90. The predicted molar refractivity (Wildman–Crippen MR) is 66.3 cm³/mol. The first-order chi connectivity index (χ1) is 7.85. The van der Waals surface area contributed by atoms with Gasteiger partial charge in [-0.2, -0.15) is 29.4 Å². The van der Waals surface area contributed by atoms with Crippen molar-refractivity contribution in [2.45, 2.75) is 12.8 Å². The molecule has 84 valence electrons. The van der Waals surface area contributed by atoms with Gasteiger partial charge in [-0.3, -0.25) is 0 Å². The SMILES string of the molecule is C=[O+][C-]1C=CC2=CC=C[C-](CCN)C2=CC1. The Labute approximate surface area is 96.5 Å². The van der Waals surface area contributed by atoms with Crippen molar-refractivity contribution in [3.05, 3.63) is 59.6 Å². The monoisotopic (exact) mass is 214 g/mol. The third-order valence-electron chi connectivity index (χ3n) is 2.79. The van der Waals surface area contributed by atoms with Crippen LogP contribution >= 0.6 is 0 Å². The van der Waals surface area contributed by atoms with Gasteiger partial charge in [-0.15, -0.1) is 18.1 Å². The molecule has 2 aliphatic rings. The molecular formula is C14H16NO-. The fraction of sp³-hybridized carbons (Fsp3) is 0.214.